The van der Waals surface area contributed by atoms with Crippen molar-refractivity contribution < 1.29 is 27.9 Å². The lowest BCUT2D eigenvalue weighted by molar-refractivity contribution is 0.170. The van der Waals surface area contributed by atoms with E-state index >= 15 is 0 Å². The number of ether oxygens (including phenoxy) is 1. The van der Waals surface area contributed by atoms with Crippen LogP contribution in [0.25, 0.3) is 0 Å². The second-order valence-corrected chi connectivity index (χ2v) is 4.29. The Balaban J connectivity index is 4.73. The summed E-state index contributed by atoms with van der Waals surface area (Å²) in [6.07, 6.45) is 8.65. The molecule has 0 unspecified atom stereocenters. The minimum atomic E-state index is -4.25. The number of nitrogens with one attached hydrogen (secondary N) is 1. The van der Waals surface area contributed by atoms with E-state index in [1.807, 2.05) is 11.8 Å². The van der Waals surface area contributed by atoms with Crippen LogP contribution in [0, 0.1) is 24.7 Å². The van der Waals surface area contributed by atoms with Gasteiger partial charge in [-0.15, -0.1) is 12.8 Å². The molecule has 8 heteroatoms. The second kappa shape index (κ2) is 7.48. The highest BCUT2D eigenvalue weighted by molar-refractivity contribution is 7.71. The molecule has 2 amide bonds. The first kappa shape index (κ1) is 15.2. The van der Waals surface area contributed by atoms with Crippen LogP contribution in [0.3, 0.4) is 0 Å². The van der Waals surface area contributed by atoms with E-state index in [9.17, 15) is 14.2 Å². The largest absolute Gasteiger partial charge is 0.453 e. The van der Waals surface area contributed by atoms with Crippen LogP contribution in [0.15, 0.2) is 0 Å². The lowest BCUT2D eigenvalue weighted by Gasteiger charge is -2.14. The molecule has 0 spiro atoms. The van der Waals surface area contributed by atoms with Gasteiger partial charge in [-0.1, -0.05) is 11.8 Å². The van der Waals surface area contributed by atoms with E-state index < -0.39 is 32.6 Å². The van der Waals surface area contributed by atoms with Crippen LogP contribution in [0.4, 0.5) is 9.59 Å². The minimum Gasteiger partial charge on any atom is -0.453 e. The molecule has 0 radical (unpaired) electrons. The Labute approximate surface area is 98.3 Å². The van der Waals surface area contributed by atoms with E-state index in [1.54, 1.807) is 5.32 Å². The number of hydrogen-bond donors (Lipinski definition) is 1. The third kappa shape index (κ3) is 5.19. The lowest BCUT2D eigenvalue weighted by Crippen LogP contribution is -2.30. The minimum absolute atomic E-state index is 0.434. The molecule has 92 valence electrons. The number of rotatable bonds is 5. The summed E-state index contributed by atoms with van der Waals surface area (Å²) >= 11 is 0. The van der Waals surface area contributed by atoms with Crippen LogP contribution in [-0.4, -0.2) is 32.1 Å². The van der Waals surface area contributed by atoms with Gasteiger partial charge in [-0.3, -0.25) is 19.2 Å². The smallest absolute Gasteiger partial charge is 0.420 e. The summed E-state index contributed by atoms with van der Waals surface area (Å²) in [6.45, 7) is -0.868. The Hall–Kier alpha value is -1.79. The Kier molecular flexibility index (Phi) is 6.69. The molecule has 0 rings (SSSR count). The maximum Gasteiger partial charge on any atom is 0.420 e. The van der Waals surface area contributed by atoms with Crippen molar-refractivity contribution in [2.45, 2.75) is 0 Å². The first-order valence-corrected chi connectivity index (χ1v) is 5.70. The maximum atomic E-state index is 11.8. The van der Waals surface area contributed by atoms with Crippen LogP contribution in [0.2, 0.25) is 0 Å². The average Bonchev–Trinajstić information content (AvgIpc) is 2.33. The summed E-state index contributed by atoms with van der Waals surface area (Å²) in [4.78, 5) is 22.1. The van der Waals surface area contributed by atoms with Crippen molar-refractivity contribution in [1.29, 1.82) is 0 Å². The zero-order chi connectivity index (χ0) is 13.3. The van der Waals surface area contributed by atoms with Gasteiger partial charge in [-0.2, -0.15) is 0 Å². The highest BCUT2D eigenvalue weighted by Crippen LogP contribution is 2.48. The summed E-state index contributed by atoms with van der Waals surface area (Å²) in [5, 5.41) is 1.64. The van der Waals surface area contributed by atoms with Crippen molar-refractivity contribution in [3.63, 3.8) is 0 Å². The molecule has 0 aromatic carbocycles. The molecule has 0 aliphatic rings. The van der Waals surface area contributed by atoms with Gasteiger partial charge in [0.1, 0.15) is 13.2 Å². The number of alkyl carbamates (subject to hydrolysis) is 1. The highest BCUT2D eigenvalue weighted by Gasteiger charge is 2.36. The van der Waals surface area contributed by atoms with Crippen molar-refractivity contribution in [2.75, 3.05) is 20.3 Å². The molecule has 0 atom stereocenters. The quantitative estimate of drug-likeness (QED) is 0.584. The van der Waals surface area contributed by atoms with Gasteiger partial charge in [0.2, 0.25) is 0 Å². The molecule has 0 aromatic heterocycles. The fourth-order valence-electron chi connectivity index (χ4n) is 0.606. The molecule has 0 aliphatic heterocycles. The number of amides is 2. The van der Waals surface area contributed by atoms with Crippen LogP contribution in [0.1, 0.15) is 0 Å². The Morgan fingerprint density at radius 1 is 1.24 bits per heavy atom. The van der Waals surface area contributed by atoms with E-state index in [-0.39, 0.29) is 0 Å². The number of carbonyl (C=O) groups excluding carboxylic acids is 2. The Morgan fingerprint density at radius 3 is 2.06 bits per heavy atom. The molecule has 0 bridgehead atoms. The summed E-state index contributed by atoms with van der Waals surface area (Å²) in [6, 6.07) is 0. The van der Waals surface area contributed by atoms with Crippen molar-refractivity contribution in [1.82, 2.24) is 5.32 Å². The molecule has 0 aromatic rings. The fourth-order valence-corrected chi connectivity index (χ4v) is 1.63. The molecule has 0 saturated heterocycles. The van der Waals surface area contributed by atoms with Crippen LogP contribution in [-0.2, 0) is 18.3 Å². The van der Waals surface area contributed by atoms with Crippen LogP contribution in [0.5, 0.6) is 0 Å². The molecule has 0 aliphatic carbocycles. The SMILES string of the molecule is C#CCOP(=O)(OCC#C)C(=O)NC(=O)OC. The van der Waals surface area contributed by atoms with Gasteiger partial charge in [0.15, 0.2) is 0 Å². The molecular weight excluding hydrogens is 249 g/mol. The summed E-state index contributed by atoms with van der Waals surface area (Å²) < 4.78 is 25.1. The van der Waals surface area contributed by atoms with Crippen molar-refractivity contribution >= 4 is 19.3 Å². The second-order valence-electron chi connectivity index (χ2n) is 2.37. The Bertz CT molecular complexity index is 396. The van der Waals surface area contributed by atoms with E-state index in [1.165, 1.54) is 0 Å². The molecular formula is C9H10NO6P. The predicted molar refractivity (Wildman–Crippen MR) is 58.1 cm³/mol. The van der Waals surface area contributed by atoms with E-state index in [4.69, 9.17) is 12.8 Å². The van der Waals surface area contributed by atoms with Gasteiger partial charge in [0, 0.05) is 0 Å². The molecule has 17 heavy (non-hydrogen) atoms. The number of hydrogen-bond acceptors (Lipinski definition) is 6. The summed E-state index contributed by atoms with van der Waals surface area (Å²) in [5.74, 6) is 4.00. The van der Waals surface area contributed by atoms with Gasteiger partial charge >= 0.3 is 19.3 Å². The first-order chi connectivity index (χ1) is 8.00. The van der Waals surface area contributed by atoms with E-state index in [0.717, 1.165) is 7.11 Å². The van der Waals surface area contributed by atoms with Crippen LogP contribution < -0.4 is 5.32 Å². The maximum absolute atomic E-state index is 11.8. The number of imide groups is 1. The monoisotopic (exact) mass is 259 g/mol. The number of methoxy groups -OCH3 is 1. The first-order valence-electron chi connectivity index (χ1n) is 4.15. The standard InChI is InChI=1S/C9H10NO6P/c1-4-6-15-17(13,16-7-5-2)9(12)10-8(11)14-3/h1-2H,6-7H2,3H3,(H,10,11,12). The van der Waals surface area contributed by atoms with E-state index in [0.29, 0.717) is 0 Å². The van der Waals surface area contributed by atoms with Gasteiger partial charge in [0.05, 0.1) is 7.11 Å². The normalized spacial score (nSPS) is 9.82. The number of carbonyl (C=O) groups is 2. The zero-order valence-electron chi connectivity index (χ0n) is 8.97. The predicted octanol–water partition coefficient (Wildman–Crippen LogP) is 0.955. The fraction of sp³-hybridized carbons (Fsp3) is 0.333. The van der Waals surface area contributed by atoms with Gasteiger partial charge in [0.25, 0.3) is 0 Å². The molecule has 0 heterocycles. The molecule has 7 nitrogen and oxygen atoms in total. The third-order valence-electron chi connectivity index (χ3n) is 1.28. The van der Waals surface area contributed by atoms with Crippen molar-refractivity contribution in [3.05, 3.63) is 0 Å². The average molecular weight is 259 g/mol. The zero-order valence-corrected chi connectivity index (χ0v) is 9.86. The molecule has 0 fully saturated rings. The third-order valence-corrected chi connectivity index (χ3v) is 2.83. The summed E-state index contributed by atoms with van der Waals surface area (Å²) in [7, 11) is -3.22. The number of terminal acetylenes is 2. The summed E-state index contributed by atoms with van der Waals surface area (Å²) in [5.41, 5.74) is -1.30. The van der Waals surface area contributed by atoms with E-state index in [2.05, 4.69) is 13.8 Å². The van der Waals surface area contributed by atoms with Gasteiger partial charge in [-0.05, 0) is 0 Å². The van der Waals surface area contributed by atoms with Gasteiger partial charge < -0.3 is 4.74 Å². The highest BCUT2D eigenvalue weighted by atomic mass is 31.2. The topological polar surface area (TPSA) is 90.9 Å². The van der Waals surface area contributed by atoms with Crippen molar-refractivity contribution in [2.24, 2.45) is 0 Å². The van der Waals surface area contributed by atoms with Crippen molar-refractivity contribution in [3.8, 4) is 24.7 Å². The van der Waals surface area contributed by atoms with Crippen LogP contribution >= 0.6 is 7.60 Å². The van der Waals surface area contributed by atoms with Gasteiger partial charge in [-0.25, -0.2) is 9.36 Å². The Morgan fingerprint density at radius 2 is 1.71 bits per heavy atom. The molecule has 0 saturated carbocycles. The lowest BCUT2D eigenvalue weighted by atomic mass is 10.8. The molecule has 1 N–H and O–H groups in total.